The van der Waals surface area contributed by atoms with Gasteiger partial charge >= 0.3 is 0 Å². The van der Waals surface area contributed by atoms with E-state index in [0.717, 1.165) is 10.4 Å². The van der Waals surface area contributed by atoms with Crippen molar-refractivity contribution in [2.24, 2.45) is 5.84 Å². The number of carbonyl (C=O) groups excluding carboxylic acids is 1. The fourth-order valence-corrected chi connectivity index (χ4v) is 2.62. The molecule has 0 radical (unpaired) electrons. The van der Waals surface area contributed by atoms with Gasteiger partial charge in [0, 0.05) is 16.5 Å². The van der Waals surface area contributed by atoms with E-state index in [2.05, 4.69) is 24.4 Å². The summed E-state index contributed by atoms with van der Waals surface area (Å²) in [5.74, 6) is 5.56. The van der Waals surface area contributed by atoms with Crippen LogP contribution in [0.4, 0.5) is 0 Å². The second-order valence-electron chi connectivity index (χ2n) is 4.70. The van der Waals surface area contributed by atoms with Crippen LogP contribution in [0.25, 0.3) is 0 Å². The summed E-state index contributed by atoms with van der Waals surface area (Å²) in [5.41, 5.74) is 3.11. The summed E-state index contributed by atoms with van der Waals surface area (Å²) >= 11 is 1.40. The average molecular weight is 294 g/mol. The summed E-state index contributed by atoms with van der Waals surface area (Å²) in [6.07, 6.45) is 3.55. The lowest BCUT2D eigenvalue weighted by Gasteiger charge is -2.04. The van der Waals surface area contributed by atoms with Gasteiger partial charge in [-0.15, -0.1) is 11.3 Å². The van der Waals surface area contributed by atoms with E-state index in [9.17, 15) is 4.79 Å². The molecule has 2 aromatic heterocycles. The average Bonchev–Trinajstić information content (AvgIpc) is 3.02. The van der Waals surface area contributed by atoms with Gasteiger partial charge in [-0.3, -0.25) is 14.9 Å². The minimum Gasteiger partial charge on any atom is -0.486 e. The molecule has 0 aliphatic heterocycles. The number of aromatic nitrogens is 2. The Morgan fingerprint density at radius 1 is 1.60 bits per heavy atom. The second kappa shape index (κ2) is 6.06. The number of hydrogen-bond acceptors (Lipinski definition) is 5. The van der Waals surface area contributed by atoms with E-state index in [0.29, 0.717) is 23.3 Å². The van der Waals surface area contributed by atoms with Crippen LogP contribution in [0, 0.1) is 6.92 Å². The lowest BCUT2D eigenvalue weighted by molar-refractivity contribution is 0.0957. The van der Waals surface area contributed by atoms with Gasteiger partial charge in [0.25, 0.3) is 5.91 Å². The molecule has 108 valence electrons. The molecule has 0 saturated heterocycles. The topological polar surface area (TPSA) is 82.2 Å². The fraction of sp³-hybridized carbons (Fsp3) is 0.385. The molecule has 1 amide bonds. The molecule has 0 fully saturated rings. The van der Waals surface area contributed by atoms with Crippen molar-refractivity contribution in [3.8, 4) is 5.75 Å². The molecule has 6 nitrogen and oxygen atoms in total. The van der Waals surface area contributed by atoms with E-state index in [-0.39, 0.29) is 5.91 Å². The van der Waals surface area contributed by atoms with E-state index in [1.54, 1.807) is 12.3 Å². The van der Waals surface area contributed by atoms with Crippen LogP contribution in [-0.4, -0.2) is 15.7 Å². The maximum absolute atomic E-state index is 11.5. The van der Waals surface area contributed by atoms with Crippen LogP contribution >= 0.6 is 11.3 Å². The normalized spacial score (nSPS) is 10.8. The van der Waals surface area contributed by atoms with E-state index in [1.165, 1.54) is 11.3 Å². The number of nitrogens with one attached hydrogen (secondary N) is 1. The number of nitrogens with zero attached hydrogens (tertiary/aromatic N) is 2. The van der Waals surface area contributed by atoms with Crippen molar-refractivity contribution in [3.63, 3.8) is 0 Å². The molecule has 2 aromatic rings. The maximum atomic E-state index is 11.5. The van der Waals surface area contributed by atoms with Gasteiger partial charge in [0.1, 0.15) is 6.61 Å². The molecule has 0 aromatic carbocycles. The summed E-state index contributed by atoms with van der Waals surface area (Å²) < 4.78 is 7.53. The first-order valence-electron chi connectivity index (χ1n) is 6.28. The lowest BCUT2D eigenvalue weighted by atomic mass is 10.2. The molecule has 7 heteroatoms. The molecule has 0 atom stereocenters. The predicted molar refractivity (Wildman–Crippen MR) is 77.7 cm³/mol. The number of hydrazine groups is 1. The number of nitrogen functional groups attached to an aromatic ring is 1. The summed E-state index contributed by atoms with van der Waals surface area (Å²) in [6.45, 7) is 6.47. The van der Waals surface area contributed by atoms with E-state index in [4.69, 9.17) is 10.6 Å². The monoisotopic (exact) mass is 294 g/mol. The Morgan fingerprint density at radius 2 is 2.35 bits per heavy atom. The highest BCUT2D eigenvalue weighted by molar-refractivity contribution is 7.14. The Morgan fingerprint density at radius 3 is 2.95 bits per heavy atom. The Labute approximate surface area is 121 Å². The van der Waals surface area contributed by atoms with Crippen LogP contribution in [0.3, 0.4) is 0 Å². The largest absolute Gasteiger partial charge is 0.486 e. The number of rotatable bonds is 5. The summed E-state index contributed by atoms with van der Waals surface area (Å²) in [7, 11) is 0. The fourth-order valence-electron chi connectivity index (χ4n) is 1.68. The zero-order valence-electron chi connectivity index (χ0n) is 11.7. The summed E-state index contributed by atoms with van der Waals surface area (Å²) in [6, 6.07) is 2.10. The van der Waals surface area contributed by atoms with E-state index in [1.807, 2.05) is 17.8 Å². The Balaban J connectivity index is 2.03. The van der Waals surface area contributed by atoms with Crippen molar-refractivity contribution in [2.75, 3.05) is 0 Å². The third-order valence-corrected chi connectivity index (χ3v) is 3.97. The molecule has 3 N–H and O–H groups in total. The lowest BCUT2D eigenvalue weighted by Crippen LogP contribution is -2.29. The molecule has 20 heavy (non-hydrogen) atoms. The zero-order valence-corrected chi connectivity index (χ0v) is 12.5. The molecule has 0 spiro atoms. The van der Waals surface area contributed by atoms with Gasteiger partial charge in [-0.05, 0) is 26.8 Å². The van der Waals surface area contributed by atoms with Gasteiger partial charge in [0.2, 0.25) is 0 Å². The van der Waals surface area contributed by atoms with Gasteiger partial charge < -0.3 is 4.74 Å². The highest BCUT2D eigenvalue weighted by Gasteiger charge is 2.12. The quantitative estimate of drug-likeness (QED) is 0.502. The van der Waals surface area contributed by atoms with Crippen LogP contribution < -0.4 is 16.0 Å². The highest BCUT2D eigenvalue weighted by atomic mass is 32.1. The number of nitrogens with two attached hydrogens (primary N) is 1. The summed E-state index contributed by atoms with van der Waals surface area (Å²) in [5, 5.41) is 4.21. The number of hydrogen-bond donors (Lipinski definition) is 2. The van der Waals surface area contributed by atoms with Crippen molar-refractivity contribution in [1.29, 1.82) is 0 Å². The van der Waals surface area contributed by atoms with Gasteiger partial charge in [-0.1, -0.05) is 0 Å². The van der Waals surface area contributed by atoms with Crippen molar-refractivity contribution < 1.29 is 9.53 Å². The number of ether oxygens (including phenoxy) is 1. The Kier molecular flexibility index (Phi) is 4.41. The minimum atomic E-state index is -0.281. The molecular weight excluding hydrogens is 276 g/mol. The van der Waals surface area contributed by atoms with Crippen LogP contribution in [-0.2, 0) is 6.61 Å². The van der Waals surface area contributed by atoms with Gasteiger partial charge in [0.15, 0.2) is 5.75 Å². The molecule has 0 saturated carbocycles. The number of amides is 1. The predicted octanol–water partition coefficient (Wildman–Crippen LogP) is 2.02. The molecule has 0 aliphatic rings. The first-order valence-corrected chi connectivity index (χ1v) is 7.10. The first-order chi connectivity index (χ1) is 9.51. The maximum Gasteiger partial charge on any atom is 0.275 e. The zero-order chi connectivity index (χ0) is 14.7. The molecule has 0 unspecified atom stereocenters. The summed E-state index contributed by atoms with van der Waals surface area (Å²) in [4.78, 5) is 13.1. The van der Waals surface area contributed by atoms with Crippen LogP contribution in [0.5, 0.6) is 5.75 Å². The minimum absolute atomic E-state index is 0.281. The number of carbonyl (C=O) groups is 1. The molecule has 2 rings (SSSR count). The Bertz CT molecular complexity index is 603. The van der Waals surface area contributed by atoms with E-state index >= 15 is 0 Å². The van der Waals surface area contributed by atoms with Crippen LogP contribution in [0.1, 0.15) is 40.0 Å². The molecule has 0 aliphatic carbocycles. The van der Waals surface area contributed by atoms with Crippen LogP contribution in [0.2, 0.25) is 0 Å². The third kappa shape index (κ3) is 3.17. The van der Waals surface area contributed by atoms with Crippen molar-refractivity contribution in [2.45, 2.75) is 33.4 Å². The smallest absolute Gasteiger partial charge is 0.275 e. The molecular formula is C13H18N4O2S. The second-order valence-corrected chi connectivity index (χ2v) is 5.96. The van der Waals surface area contributed by atoms with Crippen molar-refractivity contribution >= 4 is 17.2 Å². The standard InChI is InChI=1S/C13H18N4O2S/c1-8(2)17-6-11(5-15-17)19-7-10-4-12(13(18)16-14)20-9(10)3/h4-6,8H,7,14H2,1-3H3,(H,16,18). The molecule has 0 bridgehead atoms. The SMILES string of the molecule is Cc1sc(C(=O)NN)cc1COc1cnn(C(C)C)c1. The van der Waals surface area contributed by atoms with Crippen molar-refractivity contribution in [3.05, 3.63) is 33.8 Å². The number of aryl methyl sites for hydroxylation is 1. The third-order valence-electron chi connectivity index (χ3n) is 2.88. The molecule has 2 heterocycles. The van der Waals surface area contributed by atoms with Gasteiger partial charge in [-0.2, -0.15) is 5.10 Å². The van der Waals surface area contributed by atoms with Gasteiger partial charge in [-0.25, -0.2) is 5.84 Å². The van der Waals surface area contributed by atoms with E-state index < -0.39 is 0 Å². The van der Waals surface area contributed by atoms with Gasteiger partial charge in [0.05, 0.1) is 17.3 Å². The Hall–Kier alpha value is -1.86. The first kappa shape index (κ1) is 14.5. The van der Waals surface area contributed by atoms with Crippen molar-refractivity contribution in [1.82, 2.24) is 15.2 Å². The highest BCUT2D eigenvalue weighted by Crippen LogP contribution is 2.23. The van der Waals surface area contributed by atoms with Crippen LogP contribution in [0.15, 0.2) is 18.5 Å². The number of thiophene rings is 1.